The molecular formula is C42H74NO11PS. The highest BCUT2D eigenvalue weighted by Crippen LogP contribution is 2.36. The Labute approximate surface area is 341 Å². The largest absolute Gasteiger partial charge is 0.481 e. The van der Waals surface area contributed by atoms with E-state index in [2.05, 4.69) is 30.5 Å². The van der Waals surface area contributed by atoms with Crippen LogP contribution in [0.15, 0.2) is 48.6 Å². The standard InChI is InChI=1S/C42H74NO11PS/c1-3-5-7-9-11-13-15-17-19-21-23-25-27-32-41(47)54-36(34-53-55(49,50)51)33-52-42(48)37(43)35-56-39(38(44)29-28-31-40(45)46)30-26-24-22-20-18-16-14-12-10-8-6-4-2/h12,14,18,20,22,24,26,30,36-39,44H,3-11,13,15-17,19,21,23,25,27-29,31-35,43H2,1-2H3,(H,45,46)(H2,49,50,51)/b14-12-,20-18-,24-22+,30-26+/t36-,37+,38+,39-/m1/s1. The Hall–Kier alpha value is -2.25. The van der Waals surface area contributed by atoms with E-state index in [1.165, 1.54) is 88.8 Å². The van der Waals surface area contributed by atoms with Gasteiger partial charge < -0.3 is 35.2 Å². The maximum absolute atomic E-state index is 12.8. The maximum Gasteiger partial charge on any atom is 0.469 e. The predicted molar refractivity (Wildman–Crippen MR) is 226 cm³/mol. The van der Waals surface area contributed by atoms with Crippen LogP contribution >= 0.6 is 19.6 Å². The number of carboxylic acids is 1. The highest BCUT2D eigenvalue weighted by molar-refractivity contribution is 8.00. The lowest BCUT2D eigenvalue weighted by atomic mass is 10.0. The summed E-state index contributed by atoms with van der Waals surface area (Å²) < 4.78 is 26.5. The molecule has 0 aliphatic heterocycles. The number of rotatable bonds is 38. The fourth-order valence-electron chi connectivity index (χ4n) is 5.58. The zero-order valence-electron chi connectivity index (χ0n) is 34.2. The third-order valence-corrected chi connectivity index (χ3v) is 10.7. The van der Waals surface area contributed by atoms with Crippen LogP contribution < -0.4 is 5.73 Å². The van der Waals surface area contributed by atoms with E-state index >= 15 is 0 Å². The molecule has 0 heterocycles. The molecule has 4 atom stereocenters. The van der Waals surface area contributed by atoms with E-state index in [4.69, 9.17) is 30.1 Å². The van der Waals surface area contributed by atoms with Crippen LogP contribution in [0.25, 0.3) is 0 Å². The molecule has 0 unspecified atom stereocenters. The molecule has 0 aliphatic carbocycles. The Balaban J connectivity index is 4.89. The van der Waals surface area contributed by atoms with Gasteiger partial charge in [0.1, 0.15) is 12.6 Å². The number of nitrogens with two attached hydrogens (primary N) is 1. The SMILES string of the molecule is CCCCC/C=C\C\C=C/C=C/C=C/[C@@H](SC[C@H](N)C(=O)OC[C@H](COP(=O)(O)O)OC(=O)CCCCCCCCCCCCCCC)[C@@H](O)CCCC(=O)O. The summed E-state index contributed by atoms with van der Waals surface area (Å²) in [5, 5.41) is 19.3. The molecule has 0 rings (SSSR count). The van der Waals surface area contributed by atoms with Gasteiger partial charge in [-0.3, -0.25) is 18.9 Å². The van der Waals surface area contributed by atoms with Crippen LogP contribution in [0, 0.1) is 0 Å². The van der Waals surface area contributed by atoms with E-state index in [1.807, 2.05) is 24.3 Å². The molecule has 0 saturated heterocycles. The van der Waals surface area contributed by atoms with Gasteiger partial charge in [0, 0.05) is 23.8 Å². The third kappa shape index (κ3) is 36.1. The topological polar surface area (TPSA) is 203 Å². The average Bonchev–Trinajstić information content (AvgIpc) is 3.15. The lowest BCUT2D eigenvalue weighted by molar-refractivity contribution is -0.161. The number of carbonyl (C=O) groups excluding carboxylic acids is 2. The number of aliphatic hydroxyl groups is 1. The Morgan fingerprint density at radius 3 is 1.93 bits per heavy atom. The minimum absolute atomic E-state index is 0.0422. The average molecular weight is 832 g/mol. The summed E-state index contributed by atoms with van der Waals surface area (Å²) >= 11 is 1.20. The summed E-state index contributed by atoms with van der Waals surface area (Å²) in [6, 6.07) is -1.14. The Morgan fingerprint density at radius 1 is 0.732 bits per heavy atom. The van der Waals surface area contributed by atoms with Crippen LogP contribution in [-0.4, -0.2) is 80.4 Å². The molecule has 0 aliphatic rings. The number of phosphoric ester groups is 1. The lowest BCUT2D eigenvalue weighted by Crippen LogP contribution is -2.38. The fraction of sp³-hybridized carbons (Fsp3) is 0.738. The molecule has 0 amide bonds. The second-order valence-electron chi connectivity index (χ2n) is 14.2. The molecule has 0 aromatic rings. The Morgan fingerprint density at radius 2 is 1.32 bits per heavy atom. The molecule has 12 nitrogen and oxygen atoms in total. The van der Waals surface area contributed by atoms with Crippen LogP contribution in [0.4, 0.5) is 0 Å². The first-order chi connectivity index (χ1) is 26.9. The van der Waals surface area contributed by atoms with Gasteiger partial charge in [0.05, 0.1) is 12.7 Å². The Bertz CT molecular complexity index is 1170. The molecule has 0 bridgehead atoms. The number of phosphoric acid groups is 1. The summed E-state index contributed by atoms with van der Waals surface area (Å²) in [5.41, 5.74) is 6.10. The van der Waals surface area contributed by atoms with Crippen molar-refractivity contribution in [1.82, 2.24) is 0 Å². The normalized spacial score (nSPS) is 14.5. The van der Waals surface area contributed by atoms with Gasteiger partial charge in [0.25, 0.3) is 0 Å². The van der Waals surface area contributed by atoms with Gasteiger partial charge in [-0.1, -0.05) is 152 Å². The number of hydrogen-bond donors (Lipinski definition) is 5. The van der Waals surface area contributed by atoms with Gasteiger partial charge in [-0.05, 0) is 38.5 Å². The Kier molecular flexibility index (Phi) is 35.6. The quantitative estimate of drug-likeness (QED) is 0.0130. The molecule has 0 aromatic carbocycles. The first-order valence-electron chi connectivity index (χ1n) is 20.9. The van der Waals surface area contributed by atoms with Gasteiger partial charge in [0.2, 0.25) is 0 Å². The molecule has 14 heteroatoms. The number of allylic oxidation sites excluding steroid dienone is 7. The molecule has 6 N–H and O–H groups in total. The van der Waals surface area contributed by atoms with Crippen molar-refractivity contribution in [2.75, 3.05) is 19.0 Å². The number of carboxylic acid groups (broad SMARTS) is 1. The van der Waals surface area contributed by atoms with Crippen molar-refractivity contribution in [3.8, 4) is 0 Å². The van der Waals surface area contributed by atoms with Crippen molar-refractivity contribution in [2.24, 2.45) is 5.73 Å². The highest BCUT2D eigenvalue weighted by atomic mass is 32.2. The minimum Gasteiger partial charge on any atom is -0.481 e. The number of aliphatic hydroxyl groups excluding tert-OH is 1. The number of hydrogen-bond acceptors (Lipinski definition) is 10. The van der Waals surface area contributed by atoms with Crippen molar-refractivity contribution in [3.05, 3.63) is 48.6 Å². The lowest BCUT2D eigenvalue weighted by Gasteiger charge is -2.22. The molecule has 0 fully saturated rings. The number of thioether (sulfide) groups is 1. The van der Waals surface area contributed by atoms with E-state index in [0.29, 0.717) is 6.42 Å². The molecule has 324 valence electrons. The van der Waals surface area contributed by atoms with Crippen molar-refractivity contribution in [1.29, 1.82) is 0 Å². The van der Waals surface area contributed by atoms with Crippen molar-refractivity contribution in [2.45, 2.75) is 179 Å². The molecule has 0 saturated carbocycles. The van der Waals surface area contributed by atoms with Crippen molar-refractivity contribution < 1.29 is 52.9 Å². The summed E-state index contributed by atoms with van der Waals surface area (Å²) in [5.74, 6) is -2.34. The van der Waals surface area contributed by atoms with Gasteiger partial charge in [0.15, 0.2) is 6.10 Å². The zero-order chi connectivity index (χ0) is 41.7. The van der Waals surface area contributed by atoms with Crippen LogP contribution in [0.5, 0.6) is 0 Å². The number of esters is 2. The number of ether oxygens (including phenoxy) is 2. The molecule has 56 heavy (non-hydrogen) atoms. The maximum atomic E-state index is 12.8. The van der Waals surface area contributed by atoms with Crippen LogP contribution in [0.1, 0.15) is 155 Å². The zero-order valence-corrected chi connectivity index (χ0v) is 35.9. The smallest absolute Gasteiger partial charge is 0.469 e. The number of carbonyl (C=O) groups is 3. The summed E-state index contributed by atoms with van der Waals surface area (Å²) in [4.78, 5) is 54.6. The van der Waals surface area contributed by atoms with Crippen molar-refractivity contribution >= 4 is 37.5 Å². The molecular weight excluding hydrogens is 757 g/mol. The van der Waals surface area contributed by atoms with Gasteiger partial charge in [-0.25, -0.2) is 4.57 Å². The molecule has 0 radical (unpaired) electrons. The summed E-state index contributed by atoms with van der Waals surface area (Å²) in [6.07, 6.45) is 34.5. The monoisotopic (exact) mass is 831 g/mol. The van der Waals surface area contributed by atoms with E-state index in [-0.39, 0.29) is 31.4 Å². The van der Waals surface area contributed by atoms with Crippen molar-refractivity contribution in [3.63, 3.8) is 0 Å². The van der Waals surface area contributed by atoms with Gasteiger partial charge in [-0.2, -0.15) is 0 Å². The van der Waals surface area contributed by atoms with E-state index < -0.39 is 62.4 Å². The highest BCUT2D eigenvalue weighted by Gasteiger charge is 2.26. The van der Waals surface area contributed by atoms with Crippen LogP contribution in [0.3, 0.4) is 0 Å². The first kappa shape index (κ1) is 53.8. The van der Waals surface area contributed by atoms with Gasteiger partial charge >= 0.3 is 25.7 Å². The first-order valence-corrected chi connectivity index (χ1v) is 23.5. The van der Waals surface area contributed by atoms with E-state index in [0.717, 1.165) is 32.1 Å². The summed E-state index contributed by atoms with van der Waals surface area (Å²) in [7, 11) is -4.88. The molecule has 0 aromatic heterocycles. The fourth-order valence-corrected chi connectivity index (χ4v) is 7.06. The molecule has 0 spiro atoms. The number of aliphatic carboxylic acids is 1. The third-order valence-electron chi connectivity index (χ3n) is 8.85. The number of unbranched alkanes of at least 4 members (excludes halogenated alkanes) is 15. The van der Waals surface area contributed by atoms with E-state index in [1.54, 1.807) is 12.2 Å². The summed E-state index contributed by atoms with van der Waals surface area (Å²) in [6.45, 7) is 3.20. The van der Waals surface area contributed by atoms with E-state index in [9.17, 15) is 24.1 Å². The minimum atomic E-state index is -4.88. The van der Waals surface area contributed by atoms with Crippen LogP contribution in [0.2, 0.25) is 0 Å². The second kappa shape index (κ2) is 37.0. The van der Waals surface area contributed by atoms with Gasteiger partial charge in [-0.15, -0.1) is 11.8 Å². The predicted octanol–water partition coefficient (Wildman–Crippen LogP) is 9.27. The second-order valence-corrected chi connectivity index (χ2v) is 16.6. The van der Waals surface area contributed by atoms with Crippen LogP contribution in [-0.2, 0) is 32.9 Å².